The zero-order valence-electron chi connectivity index (χ0n) is 26.0. The number of nitrogens with zero attached hydrogens (tertiary/aromatic N) is 1. The van der Waals surface area contributed by atoms with Gasteiger partial charge in [-0.15, -0.1) is 0 Å². The molecule has 5 aromatic rings. The molecule has 10 nitrogen and oxygen atoms in total. The molecule has 6 rings (SSSR count). The van der Waals surface area contributed by atoms with E-state index >= 15 is 0 Å². The zero-order valence-corrected chi connectivity index (χ0v) is 27.5. The number of aromatic nitrogens is 1. The Kier molecular flexibility index (Phi) is 13.9. The van der Waals surface area contributed by atoms with Gasteiger partial charge in [0.05, 0.1) is 16.9 Å². The zero-order chi connectivity index (χ0) is 36.5. The molecule has 264 valence electrons. The second-order valence-electron chi connectivity index (χ2n) is 10.6. The molecule has 0 bridgehead atoms. The fourth-order valence-electron chi connectivity index (χ4n) is 4.62. The number of ketones is 2. The number of aromatic hydroxyl groups is 1. The predicted molar refractivity (Wildman–Crippen MR) is 187 cm³/mol. The minimum Gasteiger partial charge on any atom is -0.505 e. The van der Waals surface area contributed by atoms with Crippen molar-refractivity contribution in [2.24, 2.45) is 0 Å². The van der Waals surface area contributed by atoms with Crippen LogP contribution in [0.4, 0.5) is 14.5 Å². The third kappa shape index (κ3) is 10.4. The van der Waals surface area contributed by atoms with Crippen molar-refractivity contribution < 1.29 is 47.7 Å². The summed E-state index contributed by atoms with van der Waals surface area (Å²) in [5.41, 5.74) is 1.40. The van der Waals surface area contributed by atoms with Crippen LogP contribution in [0.15, 0.2) is 84.9 Å². The monoisotopic (exact) mass is 738 g/mol. The molecule has 0 spiro atoms. The number of benzene rings is 4. The molecular formula is C37H30Cl2F2N2O8. The number of hydrogen-bond acceptors (Lipinski definition) is 8. The summed E-state index contributed by atoms with van der Waals surface area (Å²) in [6.45, 7) is 1.10. The Morgan fingerprint density at radius 2 is 1.41 bits per heavy atom. The molecule has 1 aliphatic rings. The van der Waals surface area contributed by atoms with E-state index in [0.29, 0.717) is 10.0 Å². The molecule has 3 N–H and O–H groups in total. The number of halogens is 4. The highest BCUT2D eigenvalue weighted by atomic mass is 35.5. The van der Waals surface area contributed by atoms with Crippen molar-refractivity contribution in [2.75, 3.05) is 11.9 Å². The fourth-order valence-corrected chi connectivity index (χ4v) is 4.87. The lowest BCUT2D eigenvalue weighted by Gasteiger charge is -2.11. The lowest BCUT2D eigenvalue weighted by atomic mass is 10.0. The number of amides is 1. The van der Waals surface area contributed by atoms with Crippen LogP contribution in [0, 0.1) is 11.6 Å². The average molecular weight is 740 g/mol. The molecule has 4 aromatic carbocycles. The minimum atomic E-state index is -1.34. The summed E-state index contributed by atoms with van der Waals surface area (Å²) < 4.78 is 31.4. The SMILES string of the molecule is C.CC(=O)OCC(=O)Cc1ccc(Cl)cc1.O=C(O)c1c(O)c(Cc2ccc(Cl)cc2)nc2c(F)cccc12.O=C1Nc2c(F)cccc2C1=O. The maximum atomic E-state index is 14.0. The van der Waals surface area contributed by atoms with Gasteiger partial charge in [0.2, 0.25) is 0 Å². The van der Waals surface area contributed by atoms with Crippen molar-refractivity contribution in [3.05, 3.63) is 135 Å². The third-order valence-corrected chi connectivity index (χ3v) is 7.47. The van der Waals surface area contributed by atoms with Crippen molar-refractivity contribution in [1.29, 1.82) is 0 Å². The number of Topliss-reactive ketones (excluding diaryl/α,β-unsaturated/α-hetero) is 2. The second-order valence-corrected chi connectivity index (χ2v) is 11.5. The molecule has 0 radical (unpaired) electrons. The summed E-state index contributed by atoms with van der Waals surface area (Å²) in [6.07, 6.45) is 0.415. The van der Waals surface area contributed by atoms with Crippen LogP contribution in [-0.2, 0) is 32.0 Å². The number of rotatable bonds is 7. The molecular weight excluding hydrogens is 709 g/mol. The van der Waals surface area contributed by atoms with Gasteiger partial charge >= 0.3 is 11.9 Å². The van der Waals surface area contributed by atoms with Crippen LogP contribution in [0.2, 0.25) is 10.0 Å². The quantitative estimate of drug-likeness (QED) is 0.113. The molecule has 0 atom stereocenters. The Morgan fingerprint density at radius 3 is 1.98 bits per heavy atom. The number of nitrogens with one attached hydrogen (secondary N) is 1. The number of pyridine rings is 1. The van der Waals surface area contributed by atoms with Crippen molar-refractivity contribution >= 4 is 69.2 Å². The number of anilines is 1. The smallest absolute Gasteiger partial charge is 0.340 e. The lowest BCUT2D eigenvalue weighted by molar-refractivity contribution is -0.145. The molecule has 2 heterocycles. The highest BCUT2D eigenvalue weighted by Crippen LogP contribution is 2.32. The molecule has 1 amide bonds. The van der Waals surface area contributed by atoms with Crippen molar-refractivity contribution in [2.45, 2.75) is 27.2 Å². The topological polar surface area (TPSA) is 160 Å². The van der Waals surface area contributed by atoms with Gasteiger partial charge in [-0.25, -0.2) is 18.6 Å². The van der Waals surface area contributed by atoms with Crippen LogP contribution in [-0.4, -0.2) is 51.2 Å². The van der Waals surface area contributed by atoms with Gasteiger partial charge in [0.25, 0.3) is 11.7 Å². The van der Waals surface area contributed by atoms with Crippen LogP contribution < -0.4 is 5.32 Å². The van der Waals surface area contributed by atoms with E-state index in [1.807, 2.05) is 0 Å². The van der Waals surface area contributed by atoms with Crippen LogP contribution in [0.25, 0.3) is 10.9 Å². The van der Waals surface area contributed by atoms with E-state index in [1.54, 1.807) is 48.5 Å². The number of carboxylic acids is 1. The fraction of sp³-hybridized carbons (Fsp3) is 0.135. The lowest BCUT2D eigenvalue weighted by Crippen LogP contribution is -2.13. The van der Waals surface area contributed by atoms with E-state index in [4.69, 9.17) is 23.2 Å². The van der Waals surface area contributed by atoms with Gasteiger partial charge in [-0.2, -0.15) is 0 Å². The van der Waals surface area contributed by atoms with Crippen molar-refractivity contribution in [1.82, 2.24) is 4.98 Å². The molecule has 1 aromatic heterocycles. The molecule has 0 unspecified atom stereocenters. The van der Waals surface area contributed by atoms with E-state index in [2.05, 4.69) is 15.0 Å². The summed E-state index contributed by atoms with van der Waals surface area (Å²) in [7, 11) is 0. The average Bonchev–Trinajstić information content (AvgIpc) is 3.37. The number of hydrogen-bond donors (Lipinski definition) is 3. The van der Waals surface area contributed by atoms with Crippen molar-refractivity contribution in [3.8, 4) is 5.75 Å². The Bertz CT molecular complexity index is 2110. The summed E-state index contributed by atoms with van der Waals surface area (Å²) in [5, 5.41) is 23.0. The number of para-hydroxylation sites is 2. The standard InChI is InChI=1S/C17H11ClFNO3.C11H11ClO3.C8H4FNO2.CH4/c18-10-6-4-9(5-7-10)8-13-16(21)14(17(22)23)11-2-1-3-12(19)15(11)20-13;1-8(13)15-7-11(14)6-9-2-4-10(12)5-3-9;9-5-3-1-2-4-6(5)10-8(12)7(4)11;/h1-7,21H,8H2,(H,22,23);2-5H,6-7H2,1H3;1-3H,(H,10,11,12);1H4. The van der Waals surface area contributed by atoms with Gasteiger partial charge in [0.15, 0.2) is 11.5 Å². The van der Waals surface area contributed by atoms with Crippen LogP contribution >= 0.6 is 23.2 Å². The van der Waals surface area contributed by atoms with Gasteiger partial charge in [-0.3, -0.25) is 19.2 Å². The van der Waals surface area contributed by atoms with E-state index in [0.717, 1.165) is 11.1 Å². The van der Waals surface area contributed by atoms with Gasteiger partial charge in [0.1, 0.15) is 29.3 Å². The van der Waals surface area contributed by atoms with Gasteiger partial charge in [-0.1, -0.05) is 73.1 Å². The summed E-state index contributed by atoms with van der Waals surface area (Å²) in [6, 6.07) is 21.8. The summed E-state index contributed by atoms with van der Waals surface area (Å²) in [5.74, 6) is -5.02. The highest BCUT2D eigenvalue weighted by molar-refractivity contribution is 6.51. The highest BCUT2D eigenvalue weighted by Gasteiger charge is 2.29. The first kappa shape index (κ1) is 39.7. The second kappa shape index (κ2) is 17.8. The largest absolute Gasteiger partial charge is 0.505 e. The number of carbonyl (C=O) groups excluding carboxylic acids is 4. The van der Waals surface area contributed by atoms with E-state index in [9.17, 15) is 43.0 Å². The van der Waals surface area contributed by atoms with Crippen LogP contribution in [0.1, 0.15) is 51.9 Å². The van der Waals surface area contributed by atoms with E-state index in [1.165, 1.54) is 43.3 Å². The van der Waals surface area contributed by atoms with E-state index < -0.39 is 41.0 Å². The first-order valence-corrected chi connectivity index (χ1v) is 15.3. The molecule has 0 aliphatic carbocycles. The first-order valence-electron chi connectivity index (χ1n) is 14.6. The molecule has 1 aliphatic heterocycles. The third-order valence-electron chi connectivity index (χ3n) is 6.97. The van der Waals surface area contributed by atoms with Gasteiger partial charge in [0, 0.05) is 35.2 Å². The predicted octanol–water partition coefficient (Wildman–Crippen LogP) is 7.63. The Balaban J connectivity index is 0.000000218. The molecule has 51 heavy (non-hydrogen) atoms. The number of fused-ring (bicyclic) bond motifs is 2. The van der Waals surface area contributed by atoms with Crippen LogP contribution in [0.5, 0.6) is 5.75 Å². The molecule has 0 saturated carbocycles. The first-order chi connectivity index (χ1) is 23.7. The normalized spacial score (nSPS) is 11.2. The Morgan fingerprint density at radius 1 is 0.843 bits per heavy atom. The number of esters is 1. The van der Waals surface area contributed by atoms with Gasteiger partial charge < -0.3 is 20.3 Å². The Labute approximate surface area is 300 Å². The van der Waals surface area contributed by atoms with Crippen LogP contribution in [0.3, 0.4) is 0 Å². The molecule has 0 fully saturated rings. The van der Waals surface area contributed by atoms with E-state index in [-0.39, 0.29) is 66.1 Å². The number of ether oxygens (including phenoxy) is 1. The number of aromatic carboxylic acids is 1. The summed E-state index contributed by atoms with van der Waals surface area (Å²) >= 11 is 11.5. The molecule has 0 saturated heterocycles. The minimum absolute atomic E-state index is 0. The Hall–Kier alpha value is -5.72. The number of carbonyl (C=O) groups is 5. The summed E-state index contributed by atoms with van der Waals surface area (Å²) in [4.78, 5) is 59.1. The van der Waals surface area contributed by atoms with Crippen molar-refractivity contribution in [3.63, 3.8) is 0 Å². The molecule has 14 heteroatoms. The number of carboxylic acid groups (broad SMARTS) is 1. The maximum Gasteiger partial charge on any atom is 0.340 e. The van der Waals surface area contributed by atoms with Gasteiger partial charge in [-0.05, 0) is 53.6 Å². The maximum absolute atomic E-state index is 14.0.